The minimum atomic E-state index is -0.147. The van der Waals surface area contributed by atoms with Gasteiger partial charge in [-0.25, -0.2) is 0 Å². The summed E-state index contributed by atoms with van der Waals surface area (Å²) in [5, 5.41) is 2.60. The van der Waals surface area contributed by atoms with E-state index in [0.717, 1.165) is 11.1 Å². The van der Waals surface area contributed by atoms with E-state index in [1.54, 1.807) is 20.2 Å². The molecule has 2 rings (SSSR count). The Morgan fingerprint density at radius 3 is 2.39 bits per heavy atom. The third-order valence-corrected chi connectivity index (χ3v) is 2.78. The molecule has 0 aromatic heterocycles. The zero-order chi connectivity index (χ0) is 13.0. The topological polar surface area (TPSA) is 38.3 Å². The lowest BCUT2D eigenvalue weighted by molar-refractivity contribution is 0.0960. The molecule has 0 aliphatic rings. The number of carbonyl (C=O) groups excluding carboxylic acids is 1. The second-order valence-electron chi connectivity index (χ2n) is 3.86. The molecule has 0 radical (unpaired) electrons. The third-order valence-electron chi connectivity index (χ3n) is 2.78. The van der Waals surface area contributed by atoms with Gasteiger partial charge in [-0.05, 0) is 23.3 Å². The highest BCUT2D eigenvalue weighted by atomic mass is 16.5. The summed E-state index contributed by atoms with van der Waals surface area (Å²) in [5.74, 6) is 0.433. The van der Waals surface area contributed by atoms with E-state index in [4.69, 9.17) is 4.74 Å². The Kier molecular flexibility index (Phi) is 3.63. The van der Waals surface area contributed by atoms with Crippen molar-refractivity contribution in [3.63, 3.8) is 0 Å². The van der Waals surface area contributed by atoms with Crippen molar-refractivity contribution in [1.82, 2.24) is 5.32 Å². The van der Waals surface area contributed by atoms with Crippen LogP contribution in [0.2, 0.25) is 0 Å². The largest absolute Gasteiger partial charge is 0.496 e. The molecule has 3 nitrogen and oxygen atoms in total. The number of benzene rings is 2. The molecule has 0 spiro atoms. The summed E-state index contributed by atoms with van der Waals surface area (Å²) < 4.78 is 5.27. The van der Waals surface area contributed by atoms with Crippen LogP contribution in [0.15, 0.2) is 48.5 Å². The monoisotopic (exact) mass is 241 g/mol. The molecule has 18 heavy (non-hydrogen) atoms. The van der Waals surface area contributed by atoms with Gasteiger partial charge in [0.2, 0.25) is 0 Å². The van der Waals surface area contributed by atoms with Crippen LogP contribution >= 0.6 is 0 Å². The molecule has 0 aliphatic heterocycles. The van der Waals surface area contributed by atoms with Crippen LogP contribution in [0, 0.1) is 0 Å². The van der Waals surface area contributed by atoms with E-state index < -0.39 is 0 Å². The highest BCUT2D eigenvalue weighted by molar-refractivity contribution is 5.97. The Bertz CT molecular complexity index is 550. The number of hydrogen-bond acceptors (Lipinski definition) is 2. The number of rotatable bonds is 3. The average molecular weight is 241 g/mol. The van der Waals surface area contributed by atoms with Crippen molar-refractivity contribution < 1.29 is 9.53 Å². The second kappa shape index (κ2) is 5.36. The smallest absolute Gasteiger partial charge is 0.254 e. The molecule has 2 aromatic carbocycles. The van der Waals surface area contributed by atoms with E-state index in [1.165, 1.54) is 0 Å². The number of methoxy groups -OCH3 is 1. The van der Waals surface area contributed by atoms with Crippen LogP contribution in [0.1, 0.15) is 10.4 Å². The lowest BCUT2D eigenvalue weighted by atomic mass is 10.0. The first-order valence-corrected chi connectivity index (χ1v) is 5.72. The average Bonchev–Trinajstić information content (AvgIpc) is 2.46. The predicted molar refractivity (Wildman–Crippen MR) is 71.8 cm³/mol. The number of nitrogens with one attached hydrogen (secondary N) is 1. The number of ether oxygens (including phenoxy) is 1. The number of amides is 1. The maximum Gasteiger partial charge on any atom is 0.254 e. The van der Waals surface area contributed by atoms with Gasteiger partial charge in [-0.15, -0.1) is 0 Å². The third kappa shape index (κ3) is 2.35. The molecule has 0 bridgehead atoms. The van der Waals surface area contributed by atoms with Gasteiger partial charge in [-0.2, -0.15) is 0 Å². The fourth-order valence-electron chi connectivity index (χ4n) is 1.82. The van der Waals surface area contributed by atoms with Crippen molar-refractivity contribution in [2.45, 2.75) is 0 Å². The van der Waals surface area contributed by atoms with Gasteiger partial charge in [-0.3, -0.25) is 4.79 Å². The lowest BCUT2D eigenvalue weighted by Crippen LogP contribution is -2.18. The molecular weight excluding hydrogens is 226 g/mol. The Labute approximate surface area is 106 Å². The molecule has 3 heteroatoms. The highest BCUT2D eigenvalue weighted by Gasteiger charge is 2.11. The van der Waals surface area contributed by atoms with Crippen molar-refractivity contribution >= 4 is 5.91 Å². The molecule has 0 fully saturated rings. The minimum Gasteiger partial charge on any atom is -0.496 e. The Morgan fingerprint density at radius 2 is 1.78 bits per heavy atom. The van der Waals surface area contributed by atoms with Gasteiger partial charge in [0.05, 0.1) is 12.7 Å². The molecule has 92 valence electrons. The normalized spacial score (nSPS) is 9.89. The molecule has 1 amide bonds. The van der Waals surface area contributed by atoms with E-state index in [0.29, 0.717) is 11.3 Å². The molecule has 2 aromatic rings. The molecule has 0 atom stereocenters. The summed E-state index contributed by atoms with van der Waals surface area (Å²) in [6, 6.07) is 15.5. The number of carbonyl (C=O) groups is 1. The van der Waals surface area contributed by atoms with E-state index in [2.05, 4.69) is 5.32 Å². The van der Waals surface area contributed by atoms with Crippen LogP contribution < -0.4 is 10.1 Å². The standard InChI is InChI=1S/C15H15NO2/c1-16-15(17)13-9-8-12(10-14(13)18-2)11-6-4-3-5-7-11/h3-10H,1-2H3,(H,16,17). The Balaban J connectivity index is 2.45. The van der Waals surface area contributed by atoms with Gasteiger partial charge in [0.25, 0.3) is 5.91 Å². The van der Waals surface area contributed by atoms with Crippen LogP contribution in [0.25, 0.3) is 11.1 Å². The quantitative estimate of drug-likeness (QED) is 0.897. The molecule has 0 aliphatic carbocycles. The van der Waals surface area contributed by atoms with Crippen molar-refractivity contribution in [3.05, 3.63) is 54.1 Å². The van der Waals surface area contributed by atoms with Gasteiger partial charge in [0.15, 0.2) is 0 Å². The van der Waals surface area contributed by atoms with Crippen LogP contribution in [0.3, 0.4) is 0 Å². The van der Waals surface area contributed by atoms with Crippen molar-refractivity contribution in [1.29, 1.82) is 0 Å². The SMILES string of the molecule is CNC(=O)c1ccc(-c2ccccc2)cc1OC. The maximum absolute atomic E-state index is 11.6. The van der Waals surface area contributed by atoms with Crippen LogP contribution in [-0.2, 0) is 0 Å². The zero-order valence-electron chi connectivity index (χ0n) is 10.4. The van der Waals surface area contributed by atoms with Gasteiger partial charge in [0.1, 0.15) is 5.75 Å². The van der Waals surface area contributed by atoms with E-state index in [1.807, 2.05) is 42.5 Å². The molecule has 0 heterocycles. The predicted octanol–water partition coefficient (Wildman–Crippen LogP) is 2.72. The second-order valence-corrected chi connectivity index (χ2v) is 3.86. The highest BCUT2D eigenvalue weighted by Crippen LogP contribution is 2.27. The fraction of sp³-hybridized carbons (Fsp3) is 0.133. The Hall–Kier alpha value is -2.29. The van der Waals surface area contributed by atoms with Gasteiger partial charge < -0.3 is 10.1 Å². The van der Waals surface area contributed by atoms with E-state index in [9.17, 15) is 4.79 Å². The summed E-state index contributed by atoms with van der Waals surface area (Å²) in [4.78, 5) is 11.6. The first kappa shape index (κ1) is 12.2. The molecular formula is C15H15NO2. The molecule has 0 saturated carbocycles. The minimum absolute atomic E-state index is 0.147. The van der Waals surface area contributed by atoms with Gasteiger partial charge >= 0.3 is 0 Å². The fourth-order valence-corrected chi connectivity index (χ4v) is 1.82. The maximum atomic E-state index is 11.6. The first-order valence-electron chi connectivity index (χ1n) is 5.72. The van der Waals surface area contributed by atoms with Crippen LogP contribution in [-0.4, -0.2) is 20.1 Å². The summed E-state index contributed by atoms with van der Waals surface area (Å²) >= 11 is 0. The lowest BCUT2D eigenvalue weighted by Gasteiger charge is -2.09. The molecule has 1 N–H and O–H groups in total. The summed E-state index contributed by atoms with van der Waals surface area (Å²) in [6.07, 6.45) is 0. The van der Waals surface area contributed by atoms with Crippen LogP contribution in [0.5, 0.6) is 5.75 Å². The molecule has 0 saturated heterocycles. The Morgan fingerprint density at radius 1 is 1.06 bits per heavy atom. The van der Waals surface area contributed by atoms with Gasteiger partial charge in [-0.1, -0.05) is 36.4 Å². The van der Waals surface area contributed by atoms with Crippen molar-refractivity contribution in [2.24, 2.45) is 0 Å². The van der Waals surface area contributed by atoms with E-state index in [-0.39, 0.29) is 5.91 Å². The molecule has 0 unspecified atom stereocenters. The van der Waals surface area contributed by atoms with Crippen LogP contribution in [0.4, 0.5) is 0 Å². The summed E-state index contributed by atoms with van der Waals surface area (Å²) in [6.45, 7) is 0. The number of hydrogen-bond donors (Lipinski definition) is 1. The zero-order valence-corrected chi connectivity index (χ0v) is 10.4. The van der Waals surface area contributed by atoms with Gasteiger partial charge in [0, 0.05) is 7.05 Å². The van der Waals surface area contributed by atoms with E-state index >= 15 is 0 Å². The summed E-state index contributed by atoms with van der Waals surface area (Å²) in [7, 11) is 3.17. The summed E-state index contributed by atoms with van der Waals surface area (Å²) in [5.41, 5.74) is 2.67. The first-order chi connectivity index (χ1) is 8.76. The van der Waals surface area contributed by atoms with Crippen molar-refractivity contribution in [3.8, 4) is 16.9 Å². The van der Waals surface area contributed by atoms with Crippen molar-refractivity contribution in [2.75, 3.05) is 14.2 Å².